The van der Waals surface area contributed by atoms with Gasteiger partial charge in [0, 0.05) is 6.92 Å². The maximum atomic E-state index is 14.3. The molecule has 2 nitrogen and oxygen atoms in total. The lowest BCUT2D eigenvalue weighted by Crippen LogP contribution is -2.58. The highest BCUT2D eigenvalue weighted by molar-refractivity contribution is 7.97. The van der Waals surface area contributed by atoms with Crippen LogP contribution in [0.1, 0.15) is 6.92 Å². The largest absolute Gasteiger partial charge is 0.458 e. The third-order valence-electron chi connectivity index (χ3n) is 5.81. The zero-order valence-electron chi connectivity index (χ0n) is 18.4. The average molecular weight is 479 g/mol. The van der Waals surface area contributed by atoms with E-state index in [0.717, 1.165) is 0 Å². The molecule has 34 heavy (non-hydrogen) atoms. The Morgan fingerprint density at radius 2 is 0.941 bits per heavy atom. The van der Waals surface area contributed by atoms with Gasteiger partial charge in [-0.2, -0.15) is 13.2 Å². The van der Waals surface area contributed by atoms with Gasteiger partial charge in [-0.3, -0.25) is 4.79 Å². The molecule has 172 valence electrons. The predicted molar refractivity (Wildman–Crippen MR) is 132 cm³/mol. The maximum absolute atomic E-state index is 14.3. The molecule has 6 heteroatoms. The van der Waals surface area contributed by atoms with Crippen LogP contribution in [0.5, 0.6) is 5.75 Å². The number of hydrogen-bond acceptors (Lipinski definition) is 2. The number of benzene rings is 4. The minimum absolute atomic E-state index is 0.190. The van der Waals surface area contributed by atoms with Gasteiger partial charge in [0.1, 0.15) is 21.7 Å². The number of Topliss-reactive ketones (excluding diaryl/α,β-unsaturated/α-hetero) is 1. The van der Waals surface area contributed by atoms with Crippen molar-refractivity contribution >= 4 is 29.0 Å². The first-order valence-electron chi connectivity index (χ1n) is 10.7. The summed E-state index contributed by atoms with van der Waals surface area (Å²) in [6.45, 7) is 1.29. The van der Waals surface area contributed by atoms with Crippen molar-refractivity contribution in [1.82, 2.24) is 0 Å². The van der Waals surface area contributed by atoms with Crippen molar-refractivity contribution in [3.63, 3.8) is 0 Å². The maximum Gasteiger partial charge on any atom is 0.458 e. The van der Waals surface area contributed by atoms with Gasteiger partial charge in [0.25, 0.3) is 5.34 Å². The van der Waals surface area contributed by atoms with E-state index in [1.165, 1.54) is 6.92 Å². The van der Waals surface area contributed by atoms with E-state index in [9.17, 15) is 18.0 Å². The number of alkyl halides is 3. The third kappa shape index (κ3) is 4.12. The number of ketones is 1. The van der Waals surface area contributed by atoms with E-state index in [4.69, 9.17) is 4.74 Å². The van der Waals surface area contributed by atoms with Crippen molar-refractivity contribution in [2.75, 3.05) is 0 Å². The Bertz CT molecular complexity index is 1130. The molecule has 4 aromatic carbocycles. The minimum atomic E-state index is -5.12. The third-order valence-corrected chi connectivity index (χ3v) is 10.6. The van der Waals surface area contributed by atoms with Crippen LogP contribution in [0.25, 0.3) is 0 Å². The quantitative estimate of drug-likeness (QED) is 0.308. The first kappa shape index (κ1) is 23.7. The summed E-state index contributed by atoms with van der Waals surface area (Å²) in [4.78, 5) is 13.4. The molecule has 0 radical (unpaired) electrons. The van der Waals surface area contributed by atoms with Crippen molar-refractivity contribution in [2.45, 2.75) is 18.4 Å². The molecule has 0 aliphatic heterocycles. The van der Waals surface area contributed by atoms with Crippen LogP contribution in [0.3, 0.4) is 0 Å². The van der Waals surface area contributed by atoms with Crippen LogP contribution in [0.4, 0.5) is 13.2 Å². The van der Waals surface area contributed by atoms with Crippen LogP contribution >= 0.6 is 7.26 Å². The van der Waals surface area contributed by atoms with Gasteiger partial charge in [-0.1, -0.05) is 72.8 Å². The summed E-state index contributed by atoms with van der Waals surface area (Å²) in [5.41, 5.74) is 0. The normalized spacial score (nSPS) is 13.6. The first-order chi connectivity index (χ1) is 16.3. The fourth-order valence-electron chi connectivity index (χ4n) is 4.39. The van der Waals surface area contributed by atoms with E-state index in [0.29, 0.717) is 15.9 Å². The number of para-hydroxylation sites is 1. The van der Waals surface area contributed by atoms with Crippen molar-refractivity contribution in [1.29, 1.82) is 0 Å². The molecule has 0 aliphatic carbocycles. The standard InChI is InChI=1S/C28H23F3O2P/c1-27(26(32)28(29,30)31,33-22-14-6-2-7-15-22)34(23-16-8-3-9-17-23,24-18-10-4-11-19-24)25-20-12-5-13-21-25/h2-21H,1H3/q+1. The predicted octanol–water partition coefficient (Wildman–Crippen LogP) is 5.91. The lowest BCUT2D eigenvalue weighted by Gasteiger charge is -2.41. The number of carbonyl (C=O) groups is 1. The summed E-state index contributed by atoms with van der Waals surface area (Å²) in [5, 5.41) is -0.438. The Morgan fingerprint density at radius 1 is 0.618 bits per heavy atom. The van der Waals surface area contributed by atoms with E-state index < -0.39 is 24.6 Å². The van der Waals surface area contributed by atoms with Crippen molar-refractivity contribution in [3.05, 3.63) is 121 Å². The Labute approximate surface area is 197 Å². The highest BCUT2D eigenvalue weighted by Gasteiger charge is 2.71. The van der Waals surface area contributed by atoms with E-state index in [2.05, 4.69) is 0 Å². The Balaban J connectivity index is 2.16. The molecule has 0 saturated heterocycles. The number of halogens is 3. The molecule has 4 aromatic rings. The lowest BCUT2D eigenvalue weighted by molar-refractivity contribution is -0.180. The molecule has 1 unspecified atom stereocenters. The zero-order chi connectivity index (χ0) is 24.2. The van der Waals surface area contributed by atoms with Gasteiger partial charge in [0.2, 0.25) is 0 Å². The van der Waals surface area contributed by atoms with Gasteiger partial charge in [0.15, 0.2) is 7.26 Å². The molecular formula is C28H23F3O2P+. The average Bonchev–Trinajstić information content (AvgIpc) is 2.86. The smallest absolute Gasteiger partial charge is 0.446 e. The van der Waals surface area contributed by atoms with Crippen LogP contribution in [-0.2, 0) is 4.79 Å². The lowest BCUT2D eigenvalue weighted by atomic mass is 10.2. The van der Waals surface area contributed by atoms with E-state index in [1.807, 2.05) is 0 Å². The van der Waals surface area contributed by atoms with Crippen molar-refractivity contribution in [2.24, 2.45) is 0 Å². The van der Waals surface area contributed by atoms with Gasteiger partial charge in [-0.15, -0.1) is 0 Å². The van der Waals surface area contributed by atoms with E-state index in [1.54, 1.807) is 121 Å². The molecule has 0 aliphatic rings. The van der Waals surface area contributed by atoms with Gasteiger partial charge in [-0.05, 0) is 48.5 Å². The van der Waals surface area contributed by atoms with Crippen LogP contribution < -0.4 is 20.7 Å². The summed E-state index contributed by atoms with van der Waals surface area (Å²) < 4.78 is 49.1. The molecule has 0 N–H and O–H groups in total. The molecule has 1 atom stereocenters. The minimum Gasteiger partial charge on any atom is -0.446 e. The molecule has 0 bridgehead atoms. The fraction of sp³-hybridized carbons (Fsp3) is 0.107. The summed E-state index contributed by atoms with van der Waals surface area (Å²) in [7, 11) is -3.39. The number of rotatable bonds is 7. The molecule has 0 aromatic heterocycles. The van der Waals surface area contributed by atoms with Crippen LogP contribution in [0.15, 0.2) is 121 Å². The molecule has 4 rings (SSSR count). The molecule has 0 saturated carbocycles. The number of carbonyl (C=O) groups excluding carboxylic acids is 1. The molecular weight excluding hydrogens is 456 g/mol. The van der Waals surface area contributed by atoms with E-state index in [-0.39, 0.29) is 5.75 Å². The molecule has 0 spiro atoms. The van der Waals surface area contributed by atoms with Gasteiger partial charge in [0.05, 0.1) is 0 Å². The molecule has 0 heterocycles. The van der Waals surface area contributed by atoms with Crippen molar-refractivity contribution < 1.29 is 22.7 Å². The second-order valence-electron chi connectivity index (χ2n) is 7.90. The molecule has 0 amide bonds. The SMILES string of the molecule is CC(Oc1ccccc1)(C(=O)C(F)(F)F)[P+](c1ccccc1)(c1ccccc1)c1ccccc1. The second-order valence-corrected chi connectivity index (χ2v) is 11.6. The van der Waals surface area contributed by atoms with E-state index >= 15 is 0 Å². The Morgan fingerprint density at radius 3 is 1.26 bits per heavy atom. The Kier molecular flexibility index (Phi) is 6.58. The van der Waals surface area contributed by atoms with Crippen LogP contribution in [-0.4, -0.2) is 17.3 Å². The van der Waals surface area contributed by atoms with Gasteiger partial charge >= 0.3 is 12.0 Å². The Hall–Kier alpha value is -3.43. The van der Waals surface area contributed by atoms with Gasteiger partial charge in [-0.25, -0.2) is 0 Å². The van der Waals surface area contributed by atoms with Gasteiger partial charge < -0.3 is 4.74 Å². The van der Waals surface area contributed by atoms with Crippen LogP contribution in [0.2, 0.25) is 0 Å². The summed E-state index contributed by atoms with van der Waals surface area (Å²) >= 11 is 0. The summed E-state index contributed by atoms with van der Waals surface area (Å²) in [6, 6.07) is 35.0. The number of hydrogen-bond donors (Lipinski definition) is 0. The molecule has 0 fully saturated rings. The first-order valence-corrected chi connectivity index (χ1v) is 12.5. The fourth-order valence-corrected chi connectivity index (χ4v) is 9.29. The second kappa shape index (κ2) is 9.44. The zero-order valence-corrected chi connectivity index (χ0v) is 19.3. The monoisotopic (exact) mass is 479 g/mol. The summed E-state index contributed by atoms with van der Waals surface area (Å²) in [6.07, 6.45) is -5.12. The highest BCUT2D eigenvalue weighted by Crippen LogP contribution is 2.67. The highest BCUT2D eigenvalue weighted by atomic mass is 31.2. The number of ether oxygens (including phenoxy) is 1. The van der Waals surface area contributed by atoms with Crippen LogP contribution in [0, 0.1) is 0 Å². The van der Waals surface area contributed by atoms with Crippen molar-refractivity contribution in [3.8, 4) is 5.75 Å². The summed E-state index contributed by atoms with van der Waals surface area (Å²) in [5.74, 6) is -1.73. The topological polar surface area (TPSA) is 26.3 Å².